The van der Waals surface area contributed by atoms with E-state index in [1.165, 1.54) is 0 Å². The van der Waals surface area contributed by atoms with Crippen LogP contribution in [0.15, 0.2) is 0 Å². The molecule has 5 N–H and O–H groups in total. The Balaban J connectivity index is 2.41. The molecule has 0 atom stereocenters. The minimum Gasteiger partial charge on any atom is -0.463 e. The third-order valence-corrected chi connectivity index (χ3v) is 1.86. The number of rotatable bonds is 3. The van der Waals surface area contributed by atoms with Crippen LogP contribution in [-0.4, -0.2) is 33.1 Å². The number of fused-ring (bicyclic) bond motifs is 1. The van der Waals surface area contributed by atoms with Crippen molar-refractivity contribution in [3.63, 3.8) is 0 Å². The molecule has 0 aliphatic heterocycles. The van der Waals surface area contributed by atoms with E-state index in [1.807, 2.05) is 0 Å². The summed E-state index contributed by atoms with van der Waals surface area (Å²) in [4.78, 5) is 14.5. The summed E-state index contributed by atoms with van der Waals surface area (Å²) < 4.78 is 5.18. The van der Waals surface area contributed by atoms with Gasteiger partial charge in [-0.15, -0.1) is 0 Å². The smallest absolute Gasteiger partial charge is 0.296 e. The number of aromatic amines is 1. The molecule has 0 fully saturated rings. The second-order valence-corrected chi connectivity index (χ2v) is 3.09. The molecule has 7 nitrogen and oxygen atoms in total. The van der Waals surface area contributed by atoms with Gasteiger partial charge in [-0.25, -0.2) is 0 Å². The monoisotopic (exact) mass is 228 g/mol. The van der Waals surface area contributed by atoms with E-state index < -0.39 is 0 Å². The minimum atomic E-state index is 0.0527. The Morgan fingerprint density at radius 3 is 2.87 bits per heavy atom. The summed E-state index contributed by atoms with van der Waals surface area (Å²) in [6.45, 7) is 0.764. The van der Waals surface area contributed by atoms with Crippen molar-refractivity contribution in [2.75, 3.05) is 18.9 Å². The van der Waals surface area contributed by atoms with Crippen LogP contribution < -0.4 is 16.2 Å². The highest BCUT2D eigenvalue weighted by Gasteiger charge is 2.09. The van der Waals surface area contributed by atoms with E-state index >= 15 is 0 Å². The Morgan fingerprint density at radius 1 is 1.33 bits per heavy atom. The van der Waals surface area contributed by atoms with Gasteiger partial charge in [0.15, 0.2) is 11.5 Å². The zero-order valence-corrected chi connectivity index (χ0v) is 8.45. The van der Waals surface area contributed by atoms with Crippen molar-refractivity contribution in [2.45, 2.75) is 0 Å². The van der Waals surface area contributed by atoms with Crippen molar-refractivity contribution in [2.24, 2.45) is 5.73 Å². The first-order valence-electron chi connectivity index (χ1n) is 4.22. The van der Waals surface area contributed by atoms with Crippen LogP contribution in [0.2, 0.25) is 5.28 Å². The molecule has 0 amide bonds. The Labute approximate surface area is 89.8 Å². The summed E-state index contributed by atoms with van der Waals surface area (Å²) in [7, 11) is 0. The number of aromatic nitrogens is 4. The molecular weight excluding hydrogens is 220 g/mol. The maximum Gasteiger partial charge on any atom is 0.296 e. The summed E-state index contributed by atoms with van der Waals surface area (Å²) in [6.07, 6.45) is 0. The van der Waals surface area contributed by atoms with Crippen LogP contribution in [0.5, 0.6) is 6.01 Å². The van der Waals surface area contributed by atoms with Gasteiger partial charge in [0.2, 0.25) is 5.28 Å². The molecule has 0 saturated carbocycles. The highest BCUT2D eigenvalue weighted by Crippen LogP contribution is 2.19. The van der Waals surface area contributed by atoms with E-state index in [0.29, 0.717) is 30.3 Å². The van der Waals surface area contributed by atoms with E-state index in [-0.39, 0.29) is 11.1 Å². The van der Waals surface area contributed by atoms with Gasteiger partial charge in [0, 0.05) is 6.54 Å². The number of halogens is 1. The van der Waals surface area contributed by atoms with Crippen LogP contribution in [0.1, 0.15) is 0 Å². The van der Waals surface area contributed by atoms with Gasteiger partial charge in [0.05, 0.1) is 0 Å². The number of hydrogen-bond donors (Lipinski definition) is 3. The lowest BCUT2D eigenvalue weighted by Gasteiger charge is -1.96. The number of anilines is 1. The van der Waals surface area contributed by atoms with Crippen LogP contribution >= 0.6 is 11.6 Å². The molecule has 0 aliphatic rings. The number of ether oxygens (including phenoxy) is 1. The van der Waals surface area contributed by atoms with Crippen molar-refractivity contribution in [3.8, 4) is 6.01 Å². The zero-order valence-electron chi connectivity index (χ0n) is 7.70. The van der Waals surface area contributed by atoms with Gasteiger partial charge in [-0.1, -0.05) is 0 Å². The Hall–Kier alpha value is -1.60. The second-order valence-electron chi connectivity index (χ2n) is 2.76. The maximum atomic E-state index is 5.62. The Kier molecular flexibility index (Phi) is 2.57. The van der Waals surface area contributed by atoms with Gasteiger partial charge in [0.1, 0.15) is 12.1 Å². The summed E-state index contributed by atoms with van der Waals surface area (Å²) in [5, 5.41) is 0.0527. The molecule has 0 aliphatic carbocycles. The molecular formula is C7H9ClN6O. The van der Waals surface area contributed by atoms with Gasteiger partial charge in [-0.3, -0.25) is 0 Å². The molecule has 0 unspecified atom stereocenters. The van der Waals surface area contributed by atoms with Gasteiger partial charge < -0.3 is 21.2 Å². The van der Waals surface area contributed by atoms with Gasteiger partial charge in [0.25, 0.3) is 6.01 Å². The summed E-state index contributed by atoms with van der Waals surface area (Å²) in [6, 6.07) is 0.304. The molecule has 0 saturated heterocycles. The number of nitrogens with zero attached hydrogens (tertiary/aromatic N) is 3. The molecule has 80 valence electrons. The number of hydrogen-bond acceptors (Lipinski definition) is 6. The van der Waals surface area contributed by atoms with E-state index in [1.54, 1.807) is 0 Å². The fraction of sp³-hybridized carbons (Fsp3) is 0.286. The molecule has 2 heterocycles. The van der Waals surface area contributed by atoms with Gasteiger partial charge in [-0.2, -0.15) is 15.0 Å². The summed E-state index contributed by atoms with van der Waals surface area (Å²) in [5.74, 6) is 0.236. The standard InChI is InChI=1S/C7H9ClN6O/c8-6-12-4(10)3-5(13-6)14-7(11-3)15-2-1-9/h1-2,9H2,(H3,10,11,12,13,14). The third-order valence-electron chi connectivity index (χ3n) is 1.69. The molecule has 15 heavy (non-hydrogen) atoms. The average molecular weight is 229 g/mol. The van der Waals surface area contributed by atoms with Crippen LogP contribution in [-0.2, 0) is 0 Å². The molecule has 2 rings (SSSR count). The van der Waals surface area contributed by atoms with Crippen molar-refractivity contribution in [1.82, 2.24) is 19.9 Å². The highest BCUT2D eigenvalue weighted by molar-refractivity contribution is 6.28. The zero-order chi connectivity index (χ0) is 10.8. The van der Waals surface area contributed by atoms with Crippen molar-refractivity contribution < 1.29 is 4.74 Å². The van der Waals surface area contributed by atoms with Crippen LogP contribution in [0.25, 0.3) is 11.2 Å². The van der Waals surface area contributed by atoms with Crippen molar-refractivity contribution >= 4 is 28.6 Å². The highest BCUT2D eigenvalue weighted by atomic mass is 35.5. The molecule has 2 aromatic heterocycles. The number of nitrogens with one attached hydrogen (secondary N) is 1. The summed E-state index contributed by atoms with van der Waals surface area (Å²) >= 11 is 5.62. The molecule has 0 bridgehead atoms. The molecule has 0 spiro atoms. The quantitative estimate of drug-likeness (QED) is 0.633. The van der Waals surface area contributed by atoms with E-state index in [4.69, 9.17) is 27.8 Å². The summed E-state index contributed by atoms with van der Waals surface area (Å²) in [5.41, 5.74) is 11.8. The lowest BCUT2D eigenvalue weighted by molar-refractivity contribution is 0.306. The van der Waals surface area contributed by atoms with E-state index in [2.05, 4.69) is 19.9 Å². The fourth-order valence-electron chi connectivity index (χ4n) is 1.09. The van der Waals surface area contributed by atoms with Gasteiger partial charge in [-0.05, 0) is 11.6 Å². The lowest BCUT2D eigenvalue weighted by Crippen LogP contribution is -2.11. The number of nitrogen functional groups attached to an aromatic ring is 1. The minimum absolute atomic E-state index is 0.0527. The van der Waals surface area contributed by atoms with Crippen LogP contribution in [0.3, 0.4) is 0 Å². The Bertz CT molecular complexity index is 484. The SMILES string of the molecule is NCCOc1nc2nc(Cl)nc(N)c2[nH]1. The second kappa shape index (κ2) is 3.87. The molecule has 0 aromatic carbocycles. The first kappa shape index (κ1) is 9.94. The van der Waals surface area contributed by atoms with Crippen molar-refractivity contribution in [1.29, 1.82) is 0 Å². The third kappa shape index (κ3) is 1.92. The predicted octanol–water partition coefficient (Wildman–Crippen LogP) is -0.0740. The van der Waals surface area contributed by atoms with E-state index in [9.17, 15) is 0 Å². The molecule has 2 aromatic rings. The number of H-pyrrole nitrogens is 1. The fourth-order valence-corrected chi connectivity index (χ4v) is 1.27. The first-order chi connectivity index (χ1) is 7.20. The van der Waals surface area contributed by atoms with Crippen LogP contribution in [0.4, 0.5) is 5.82 Å². The molecule has 8 heteroatoms. The normalized spacial score (nSPS) is 10.8. The Morgan fingerprint density at radius 2 is 2.13 bits per heavy atom. The van der Waals surface area contributed by atoms with Crippen LogP contribution in [0, 0.1) is 0 Å². The van der Waals surface area contributed by atoms with Gasteiger partial charge >= 0.3 is 0 Å². The van der Waals surface area contributed by atoms with Crippen molar-refractivity contribution in [3.05, 3.63) is 5.28 Å². The number of imidazole rings is 1. The predicted molar refractivity (Wildman–Crippen MR) is 55.7 cm³/mol. The number of nitrogens with two attached hydrogens (primary N) is 2. The van der Waals surface area contributed by atoms with E-state index in [0.717, 1.165) is 0 Å². The first-order valence-corrected chi connectivity index (χ1v) is 4.60. The average Bonchev–Trinajstić information content (AvgIpc) is 2.57. The lowest BCUT2D eigenvalue weighted by atomic mass is 10.5. The molecule has 0 radical (unpaired) electrons. The maximum absolute atomic E-state index is 5.62. The topological polar surface area (TPSA) is 116 Å². The largest absolute Gasteiger partial charge is 0.463 e.